The van der Waals surface area contributed by atoms with E-state index in [1.54, 1.807) is 6.07 Å². The zero-order valence-electron chi connectivity index (χ0n) is 12.4. The lowest BCUT2D eigenvalue weighted by atomic mass is 10.1. The monoisotopic (exact) mass is 352 g/mol. The largest absolute Gasteiger partial charge is 0.465 e. The average Bonchev–Trinajstić information content (AvgIpc) is 2.58. The summed E-state index contributed by atoms with van der Waals surface area (Å²) < 4.78 is 19.8. The Hall–Kier alpha value is -2.45. The molecule has 2 N–H and O–H groups in total. The highest BCUT2D eigenvalue weighted by molar-refractivity contribution is 6.30. The van der Waals surface area contributed by atoms with Crippen molar-refractivity contribution in [3.8, 4) is 0 Å². The first-order valence-electron chi connectivity index (χ1n) is 7.16. The molecule has 2 aromatic rings. The Balaban J connectivity index is 1.74. The molecular formula is C15H14ClFN4O3. The lowest BCUT2D eigenvalue weighted by molar-refractivity contribution is -0.0233. The van der Waals surface area contributed by atoms with E-state index in [4.69, 9.17) is 21.4 Å². The molecule has 126 valence electrons. The molecular weight excluding hydrogens is 339 g/mol. The molecule has 1 amide bonds. The van der Waals surface area contributed by atoms with E-state index >= 15 is 0 Å². The van der Waals surface area contributed by atoms with Crippen molar-refractivity contribution in [2.24, 2.45) is 0 Å². The summed E-state index contributed by atoms with van der Waals surface area (Å²) in [5.74, 6) is -0.292. The van der Waals surface area contributed by atoms with Crippen LogP contribution in [0.2, 0.25) is 5.02 Å². The first kappa shape index (κ1) is 16.4. The van der Waals surface area contributed by atoms with Gasteiger partial charge in [-0.1, -0.05) is 17.7 Å². The standard InChI is InChI=1S/C15H14ClFN4O3/c16-10-6-18-14(19-7-10)20-12-2-1-9(5-11(12)17)13-8-21(15(22)23)3-4-24-13/h1-2,5-7,13H,3-4,8H2,(H,22,23)(H,18,19,20). The number of anilines is 2. The number of hydrogen-bond donors (Lipinski definition) is 2. The predicted octanol–water partition coefficient (Wildman–Crippen LogP) is 3.06. The van der Waals surface area contributed by atoms with E-state index < -0.39 is 18.0 Å². The van der Waals surface area contributed by atoms with Gasteiger partial charge in [-0.3, -0.25) is 0 Å². The Morgan fingerprint density at radius 3 is 2.83 bits per heavy atom. The fourth-order valence-corrected chi connectivity index (χ4v) is 2.45. The summed E-state index contributed by atoms with van der Waals surface area (Å²) in [6.45, 7) is 0.751. The highest BCUT2D eigenvalue weighted by Crippen LogP contribution is 2.26. The molecule has 0 saturated carbocycles. The second-order valence-electron chi connectivity index (χ2n) is 5.18. The third kappa shape index (κ3) is 3.72. The van der Waals surface area contributed by atoms with Crippen molar-refractivity contribution in [2.75, 3.05) is 25.0 Å². The van der Waals surface area contributed by atoms with Gasteiger partial charge in [0, 0.05) is 6.54 Å². The van der Waals surface area contributed by atoms with Crippen LogP contribution in [0.5, 0.6) is 0 Å². The number of halogens is 2. The molecule has 0 radical (unpaired) electrons. The molecule has 0 bridgehead atoms. The van der Waals surface area contributed by atoms with Gasteiger partial charge in [0.25, 0.3) is 0 Å². The number of carbonyl (C=O) groups is 1. The number of carboxylic acid groups (broad SMARTS) is 1. The number of ether oxygens (including phenoxy) is 1. The fourth-order valence-electron chi connectivity index (χ4n) is 2.35. The lowest BCUT2D eigenvalue weighted by Gasteiger charge is -2.31. The average molecular weight is 353 g/mol. The fraction of sp³-hybridized carbons (Fsp3) is 0.267. The number of hydrogen-bond acceptors (Lipinski definition) is 5. The summed E-state index contributed by atoms with van der Waals surface area (Å²) in [6, 6.07) is 4.53. The smallest absolute Gasteiger partial charge is 0.407 e. The van der Waals surface area contributed by atoms with Crippen LogP contribution in [0.1, 0.15) is 11.7 Å². The van der Waals surface area contributed by atoms with Crippen LogP contribution in [0.15, 0.2) is 30.6 Å². The minimum atomic E-state index is -1.01. The summed E-state index contributed by atoms with van der Waals surface area (Å²) in [7, 11) is 0. The SMILES string of the molecule is O=C(O)N1CCOC(c2ccc(Nc3ncc(Cl)cn3)c(F)c2)C1. The van der Waals surface area contributed by atoms with Crippen LogP contribution in [0.4, 0.5) is 20.8 Å². The molecule has 1 aliphatic rings. The van der Waals surface area contributed by atoms with Crippen LogP contribution in [-0.4, -0.2) is 45.8 Å². The van der Waals surface area contributed by atoms with Crippen LogP contribution < -0.4 is 5.32 Å². The molecule has 3 rings (SSSR count). The van der Waals surface area contributed by atoms with Crippen LogP contribution in [-0.2, 0) is 4.74 Å². The Kier molecular flexibility index (Phi) is 4.77. The maximum absolute atomic E-state index is 14.3. The van der Waals surface area contributed by atoms with Gasteiger partial charge >= 0.3 is 6.09 Å². The highest BCUT2D eigenvalue weighted by Gasteiger charge is 2.25. The molecule has 9 heteroatoms. The van der Waals surface area contributed by atoms with Crippen LogP contribution in [0.25, 0.3) is 0 Å². The topological polar surface area (TPSA) is 87.6 Å². The first-order valence-corrected chi connectivity index (χ1v) is 7.54. The Labute approximate surface area is 142 Å². The van der Waals surface area contributed by atoms with Crippen molar-refractivity contribution >= 4 is 29.3 Å². The molecule has 1 fully saturated rings. The van der Waals surface area contributed by atoms with Crippen molar-refractivity contribution in [3.63, 3.8) is 0 Å². The predicted molar refractivity (Wildman–Crippen MR) is 85.0 cm³/mol. The maximum atomic E-state index is 14.3. The highest BCUT2D eigenvalue weighted by atomic mass is 35.5. The minimum absolute atomic E-state index is 0.168. The number of nitrogens with zero attached hydrogens (tertiary/aromatic N) is 3. The molecule has 1 atom stereocenters. The van der Waals surface area contributed by atoms with Gasteiger partial charge in [-0.15, -0.1) is 0 Å². The first-order chi connectivity index (χ1) is 11.5. The summed E-state index contributed by atoms with van der Waals surface area (Å²) in [5, 5.41) is 12.2. The number of amides is 1. The molecule has 2 heterocycles. The van der Waals surface area contributed by atoms with Gasteiger partial charge in [0.1, 0.15) is 11.9 Å². The Morgan fingerprint density at radius 1 is 1.42 bits per heavy atom. The van der Waals surface area contributed by atoms with Gasteiger partial charge in [-0.25, -0.2) is 19.2 Å². The van der Waals surface area contributed by atoms with Crippen LogP contribution >= 0.6 is 11.6 Å². The molecule has 1 saturated heterocycles. The molecule has 7 nitrogen and oxygen atoms in total. The zero-order valence-corrected chi connectivity index (χ0v) is 13.2. The number of aromatic nitrogens is 2. The molecule has 24 heavy (non-hydrogen) atoms. The summed E-state index contributed by atoms with van der Waals surface area (Å²) in [6.07, 6.45) is 1.30. The normalized spacial score (nSPS) is 17.6. The van der Waals surface area contributed by atoms with Gasteiger partial charge in [-0.05, 0) is 17.7 Å². The Morgan fingerprint density at radius 2 is 2.17 bits per heavy atom. The van der Waals surface area contributed by atoms with Crippen molar-refractivity contribution in [3.05, 3.63) is 47.0 Å². The second kappa shape index (κ2) is 6.98. The summed E-state index contributed by atoms with van der Waals surface area (Å²) in [5.41, 5.74) is 0.771. The van der Waals surface area contributed by atoms with Crippen LogP contribution in [0.3, 0.4) is 0 Å². The quantitative estimate of drug-likeness (QED) is 0.882. The van der Waals surface area contributed by atoms with E-state index in [1.807, 2.05) is 0 Å². The molecule has 1 unspecified atom stereocenters. The zero-order chi connectivity index (χ0) is 17.1. The van der Waals surface area contributed by atoms with Crippen molar-refractivity contribution in [1.82, 2.24) is 14.9 Å². The van der Waals surface area contributed by atoms with Gasteiger partial charge in [0.2, 0.25) is 5.95 Å². The van der Waals surface area contributed by atoms with Gasteiger partial charge in [0.05, 0.1) is 36.3 Å². The van der Waals surface area contributed by atoms with Crippen molar-refractivity contribution in [2.45, 2.75) is 6.10 Å². The minimum Gasteiger partial charge on any atom is -0.465 e. The summed E-state index contributed by atoms with van der Waals surface area (Å²) >= 11 is 5.70. The number of benzene rings is 1. The molecule has 1 aliphatic heterocycles. The molecule has 0 spiro atoms. The van der Waals surface area contributed by atoms with Gasteiger partial charge in [-0.2, -0.15) is 0 Å². The van der Waals surface area contributed by atoms with Gasteiger partial charge in [0.15, 0.2) is 0 Å². The maximum Gasteiger partial charge on any atom is 0.407 e. The third-order valence-electron chi connectivity index (χ3n) is 3.57. The van der Waals surface area contributed by atoms with E-state index in [-0.39, 0.29) is 24.8 Å². The Bertz CT molecular complexity index is 744. The van der Waals surface area contributed by atoms with Crippen molar-refractivity contribution in [1.29, 1.82) is 0 Å². The molecule has 1 aromatic carbocycles. The van der Waals surface area contributed by atoms with Crippen LogP contribution in [0, 0.1) is 5.82 Å². The summed E-state index contributed by atoms with van der Waals surface area (Å²) in [4.78, 5) is 20.2. The molecule has 1 aromatic heterocycles. The van der Waals surface area contributed by atoms with E-state index in [2.05, 4.69) is 15.3 Å². The number of morpholine rings is 1. The second-order valence-corrected chi connectivity index (χ2v) is 5.61. The molecule has 0 aliphatic carbocycles. The third-order valence-corrected chi connectivity index (χ3v) is 3.76. The lowest BCUT2D eigenvalue weighted by Crippen LogP contribution is -2.41. The van der Waals surface area contributed by atoms with E-state index in [9.17, 15) is 9.18 Å². The van der Waals surface area contributed by atoms with Gasteiger partial charge < -0.3 is 20.1 Å². The number of nitrogens with one attached hydrogen (secondary N) is 1. The van der Waals surface area contributed by atoms with E-state index in [0.717, 1.165) is 0 Å². The number of rotatable bonds is 3. The van der Waals surface area contributed by atoms with E-state index in [0.29, 0.717) is 17.1 Å². The van der Waals surface area contributed by atoms with E-state index in [1.165, 1.54) is 29.4 Å². The van der Waals surface area contributed by atoms with Crippen molar-refractivity contribution < 1.29 is 19.0 Å².